The fraction of sp³-hybridized carbons (Fsp3) is 0.447. The third-order valence-corrected chi connectivity index (χ3v) is 19.1. The van der Waals surface area contributed by atoms with Crippen LogP contribution in [0, 0.1) is 0 Å². The van der Waals surface area contributed by atoms with Crippen molar-refractivity contribution in [1.82, 2.24) is 0 Å². The summed E-state index contributed by atoms with van der Waals surface area (Å²) in [5.74, 6) is 0.789. The Labute approximate surface area is 274 Å². The van der Waals surface area contributed by atoms with E-state index in [0.29, 0.717) is 19.6 Å². The maximum atomic E-state index is 12.2. The van der Waals surface area contributed by atoms with Gasteiger partial charge in [-0.15, -0.1) is 6.58 Å². The van der Waals surface area contributed by atoms with Crippen LogP contribution in [0.1, 0.15) is 59.9 Å². The van der Waals surface area contributed by atoms with Gasteiger partial charge in [-0.3, -0.25) is 0 Å². The minimum atomic E-state index is -2.78. The summed E-state index contributed by atoms with van der Waals surface area (Å²) in [6, 6.07) is 32.1. The van der Waals surface area contributed by atoms with E-state index in [9.17, 15) is 4.79 Å². The number of rotatable bonds is 19. The van der Waals surface area contributed by atoms with Crippen molar-refractivity contribution in [3.63, 3.8) is 0 Å². The Kier molecular flexibility index (Phi) is 13.6. The zero-order chi connectivity index (χ0) is 33.0. The fourth-order valence-corrected chi connectivity index (χ4v) is 14.1. The molecule has 2 atom stereocenters. The maximum absolute atomic E-state index is 12.2. The van der Waals surface area contributed by atoms with Crippen LogP contribution in [0.25, 0.3) is 0 Å². The van der Waals surface area contributed by atoms with Crippen molar-refractivity contribution in [3.8, 4) is 5.75 Å². The lowest BCUT2D eigenvalue weighted by Crippen LogP contribution is -2.67. The van der Waals surface area contributed by atoms with Gasteiger partial charge in [0.15, 0.2) is 8.32 Å². The molecule has 0 N–H and O–H groups in total. The average molecular weight is 647 g/mol. The van der Waals surface area contributed by atoms with Crippen LogP contribution in [0.5, 0.6) is 5.75 Å². The van der Waals surface area contributed by atoms with Gasteiger partial charge in [-0.05, 0) is 51.2 Å². The second-order valence-electron chi connectivity index (χ2n) is 12.8. The van der Waals surface area contributed by atoms with Crippen molar-refractivity contribution in [2.24, 2.45) is 0 Å². The molecule has 45 heavy (non-hydrogen) atoms. The molecule has 0 amide bonds. The number of methoxy groups -OCH3 is 1. The van der Waals surface area contributed by atoms with E-state index >= 15 is 0 Å². The Hall–Kier alpha value is -2.82. The molecule has 0 unspecified atom stereocenters. The van der Waals surface area contributed by atoms with E-state index in [-0.39, 0.29) is 11.5 Å². The first kappa shape index (κ1) is 36.6. The first-order valence-corrected chi connectivity index (χ1v) is 20.8. The highest BCUT2D eigenvalue weighted by Crippen LogP contribution is 2.39. The number of hydrogen-bond donors (Lipinski definition) is 0. The number of hydrogen-bond acceptors (Lipinski definition) is 5. The fourth-order valence-electron chi connectivity index (χ4n) is 6.46. The summed E-state index contributed by atoms with van der Waals surface area (Å²) in [6.45, 7) is 18.6. The second kappa shape index (κ2) is 16.7. The quantitative estimate of drug-likeness (QED) is 0.0749. The molecule has 5 nitrogen and oxygen atoms in total. The number of benzene rings is 3. The molecule has 0 aliphatic rings. The molecular weight excluding hydrogens is 593 g/mol. The predicted molar refractivity (Wildman–Crippen MR) is 192 cm³/mol. The number of aldehydes is 1. The standard InChI is InChI=1S/C38H54O5Si2/c1-9-38(43-44(10-2,11-3)12-4,36(27-29-39)41-31-32-23-25-33(40-8)26-24-32)28-30-42-45(37(5,6)7,34-19-15-13-16-20-34)35-21-17-14-18-22-35/h9,13-26,29,36H,1,10-12,27-28,30-31H2,2-8H3/t36-,38+/m1/s1. The molecule has 0 heterocycles. The smallest absolute Gasteiger partial charge is 0.261 e. The minimum absolute atomic E-state index is 0.158. The lowest BCUT2D eigenvalue weighted by molar-refractivity contribution is -0.120. The zero-order valence-electron chi connectivity index (χ0n) is 28.5. The van der Waals surface area contributed by atoms with Gasteiger partial charge in [0.2, 0.25) is 0 Å². The van der Waals surface area contributed by atoms with Gasteiger partial charge in [-0.1, -0.05) is 120 Å². The van der Waals surface area contributed by atoms with E-state index in [0.717, 1.165) is 35.7 Å². The van der Waals surface area contributed by atoms with E-state index in [4.69, 9.17) is 18.3 Å². The maximum Gasteiger partial charge on any atom is 0.261 e. The van der Waals surface area contributed by atoms with Crippen LogP contribution >= 0.6 is 0 Å². The van der Waals surface area contributed by atoms with Gasteiger partial charge in [0.25, 0.3) is 8.32 Å². The van der Waals surface area contributed by atoms with Crippen LogP contribution in [0.2, 0.25) is 23.2 Å². The van der Waals surface area contributed by atoms with Crippen molar-refractivity contribution in [3.05, 3.63) is 103 Å². The first-order valence-electron chi connectivity index (χ1n) is 16.4. The Balaban J connectivity index is 2.05. The molecule has 0 aromatic heterocycles. The van der Waals surface area contributed by atoms with Crippen LogP contribution in [-0.4, -0.2) is 48.3 Å². The van der Waals surface area contributed by atoms with Crippen molar-refractivity contribution < 1.29 is 23.1 Å². The summed E-state index contributed by atoms with van der Waals surface area (Å²) < 4.78 is 26.6. The van der Waals surface area contributed by atoms with Crippen LogP contribution < -0.4 is 15.1 Å². The number of carbonyl (C=O) groups excluding carboxylic acids is 1. The van der Waals surface area contributed by atoms with Crippen LogP contribution in [0.4, 0.5) is 0 Å². The van der Waals surface area contributed by atoms with E-state index in [2.05, 4.69) is 109 Å². The summed E-state index contributed by atoms with van der Waals surface area (Å²) >= 11 is 0. The van der Waals surface area contributed by atoms with Crippen molar-refractivity contribution in [2.45, 2.75) is 95.9 Å². The average Bonchev–Trinajstić information content (AvgIpc) is 3.07. The number of ether oxygens (including phenoxy) is 2. The molecule has 0 aliphatic heterocycles. The molecular formula is C38H54O5Si2. The van der Waals surface area contributed by atoms with Gasteiger partial charge in [-0.2, -0.15) is 0 Å². The van der Waals surface area contributed by atoms with Crippen molar-refractivity contribution in [2.75, 3.05) is 13.7 Å². The van der Waals surface area contributed by atoms with E-state index < -0.39 is 28.3 Å². The van der Waals surface area contributed by atoms with Crippen LogP contribution in [-0.2, 0) is 25.0 Å². The highest BCUT2D eigenvalue weighted by atomic mass is 28.4. The van der Waals surface area contributed by atoms with E-state index in [1.807, 2.05) is 30.3 Å². The summed E-state index contributed by atoms with van der Waals surface area (Å²) in [5.41, 5.74) is 0.103. The normalized spacial score (nSPS) is 14.4. The second-order valence-corrected chi connectivity index (χ2v) is 21.8. The molecule has 0 radical (unpaired) electrons. The molecule has 0 fully saturated rings. The van der Waals surface area contributed by atoms with Crippen molar-refractivity contribution in [1.29, 1.82) is 0 Å². The highest BCUT2D eigenvalue weighted by Gasteiger charge is 2.51. The molecule has 0 aliphatic carbocycles. The highest BCUT2D eigenvalue weighted by molar-refractivity contribution is 6.99. The molecule has 3 aromatic carbocycles. The van der Waals surface area contributed by atoms with Gasteiger partial charge >= 0.3 is 0 Å². The minimum Gasteiger partial charge on any atom is -0.497 e. The molecule has 0 saturated carbocycles. The lowest BCUT2D eigenvalue weighted by atomic mass is 9.91. The Morgan fingerprint density at radius 2 is 1.36 bits per heavy atom. The summed E-state index contributed by atoms with van der Waals surface area (Å²) in [6.07, 6.45) is 3.04. The van der Waals surface area contributed by atoms with Crippen LogP contribution in [0.3, 0.4) is 0 Å². The molecule has 0 saturated heterocycles. The summed E-state index contributed by atoms with van der Waals surface area (Å²) in [4.78, 5) is 12.2. The molecule has 3 aromatic rings. The third-order valence-electron chi connectivity index (χ3n) is 9.38. The van der Waals surface area contributed by atoms with E-state index in [1.54, 1.807) is 7.11 Å². The van der Waals surface area contributed by atoms with Crippen LogP contribution in [0.15, 0.2) is 97.6 Å². The van der Waals surface area contributed by atoms with Gasteiger partial charge in [0, 0.05) is 19.4 Å². The summed E-state index contributed by atoms with van der Waals surface area (Å²) in [7, 11) is -3.30. The molecule has 244 valence electrons. The van der Waals surface area contributed by atoms with Crippen molar-refractivity contribution >= 4 is 33.3 Å². The molecule has 0 spiro atoms. The predicted octanol–water partition coefficient (Wildman–Crippen LogP) is 8.08. The largest absolute Gasteiger partial charge is 0.497 e. The Morgan fingerprint density at radius 1 is 0.822 bits per heavy atom. The molecule has 3 rings (SSSR count). The van der Waals surface area contributed by atoms with Gasteiger partial charge in [0.05, 0.1) is 19.8 Å². The lowest BCUT2D eigenvalue weighted by Gasteiger charge is -2.47. The monoisotopic (exact) mass is 646 g/mol. The Morgan fingerprint density at radius 3 is 1.78 bits per heavy atom. The Bertz CT molecular complexity index is 1260. The van der Waals surface area contributed by atoms with Gasteiger partial charge in [0.1, 0.15) is 17.6 Å². The van der Waals surface area contributed by atoms with Gasteiger partial charge < -0.3 is 23.1 Å². The summed E-state index contributed by atoms with van der Waals surface area (Å²) in [5, 5.41) is 2.30. The topological polar surface area (TPSA) is 54.0 Å². The number of carbonyl (C=O) groups is 1. The van der Waals surface area contributed by atoms with Gasteiger partial charge in [-0.25, -0.2) is 0 Å². The third kappa shape index (κ3) is 8.51. The molecule has 7 heteroatoms. The molecule has 0 bridgehead atoms. The SMILES string of the molecule is C=C[C@@](CCO[Si](c1ccccc1)(c1ccccc1)C(C)(C)C)(O[Si](CC)(CC)CC)[C@@H](CC=O)OCc1ccc(OC)cc1. The van der Waals surface area contributed by atoms with E-state index in [1.165, 1.54) is 10.4 Å². The zero-order valence-corrected chi connectivity index (χ0v) is 30.5. The first-order chi connectivity index (χ1) is 21.6.